The maximum Gasteiger partial charge on any atom is 0.411 e. The number of nitrogens with one attached hydrogen (secondary N) is 2. The number of hydrogen-bond donors (Lipinski definition) is 2. The highest BCUT2D eigenvalue weighted by molar-refractivity contribution is 7.81. The summed E-state index contributed by atoms with van der Waals surface area (Å²) in [5.74, 6) is 1.05. The number of carbonyl (C=O) groups excluding carboxylic acids is 2. The van der Waals surface area contributed by atoms with E-state index in [0.717, 1.165) is 11.3 Å². The van der Waals surface area contributed by atoms with Crippen molar-refractivity contribution in [1.82, 2.24) is 15.2 Å². The minimum Gasteiger partial charge on any atom is -0.491 e. The Hall–Kier alpha value is -3.46. The number of ketones is 1. The second-order valence-electron chi connectivity index (χ2n) is 10.0. The number of nitrogens with zero attached hydrogens (tertiary/aromatic N) is 2. The van der Waals surface area contributed by atoms with Gasteiger partial charge in [0.05, 0.1) is 31.5 Å². The number of pyridine rings is 1. The molecular formula is C27H32N4O4S. The zero-order valence-electron chi connectivity index (χ0n) is 20.9. The van der Waals surface area contributed by atoms with Crippen LogP contribution >= 0.6 is 12.2 Å². The van der Waals surface area contributed by atoms with E-state index in [-0.39, 0.29) is 18.9 Å². The molecule has 190 valence electrons. The van der Waals surface area contributed by atoms with Gasteiger partial charge in [-0.05, 0) is 57.7 Å². The Labute approximate surface area is 217 Å². The Morgan fingerprint density at radius 3 is 2.61 bits per heavy atom. The summed E-state index contributed by atoms with van der Waals surface area (Å²) in [6.07, 6.45) is 5.25. The molecular weight excluding hydrogens is 476 g/mol. The number of para-hydroxylation sites is 1. The lowest BCUT2D eigenvalue weighted by atomic mass is 10.0. The topological polar surface area (TPSA) is 92.8 Å². The fourth-order valence-corrected chi connectivity index (χ4v) is 4.06. The zero-order valence-corrected chi connectivity index (χ0v) is 21.7. The van der Waals surface area contributed by atoms with Crippen molar-refractivity contribution in [1.29, 1.82) is 0 Å². The van der Waals surface area contributed by atoms with Gasteiger partial charge in [0.25, 0.3) is 0 Å². The predicted octanol–water partition coefficient (Wildman–Crippen LogP) is 4.47. The van der Waals surface area contributed by atoms with E-state index in [4.69, 9.17) is 21.7 Å². The molecule has 9 heteroatoms. The van der Waals surface area contributed by atoms with Crippen LogP contribution in [0.1, 0.15) is 39.2 Å². The van der Waals surface area contributed by atoms with Gasteiger partial charge >= 0.3 is 6.09 Å². The van der Waals surface area contributed by atoms with E-state index in [9.17, 15) is 9.59 Å². The van der Waals surface area contributed by atoms with Crippen LogP contribution in [0.3, 0.4) is 0 Å². The molecule has 2 aliphatic rings. The number of Topliss-reactive ketones (excluding diaryl/α,β-unsaturated/α-hetero) is 1. The van der Waals surface area contributed by atoms with Crippen LogP contribution in [0.25, 0.3) is 0 Å². The normalized spacial score (nSPS) is 16.0. The molecule has 2 heterocycles. The molecule has 0 unspecified atom stereocenters. The van der Waals surface area contributed by atoms with E-state index in [1.54, 1.807) is 33.2 Å². The Balaban J connectivity index is 1.56. The molecule has 0 saturated heterocycles. The first kappa shape index (κ1) is 25.6. The summed E-state index contributed by atoms with van der Waals surface area (Å²) in [7, 11) is 0. The van der Waals surface area contributed by atoms with Crippen molar-refractivity contribution in [3.8, 4) is 5.75 Å². The summed E-state index contributed by atoms with van der Waals surface area (Å²) in [6, 6.07) is 11.3. The number of carbonyl (C=O) groups is 2. The maximum absolute atomic E-state index is 13.3. The SMILES string of the molecule is CC(C)(C)OC(=O)N1CC(=O)C(C(=S)Nc2ccccc2)=C(NCc2ccncc2OCC2CC2)C1. The highest BCUT2D eigenvalue weighted by Crippen LogP contribution is 2.30. The zero-order chi connectivity index (χ0) is 25.7. The lowest BCUT2D eigenvalue weighted by Gasteiger charge is -2.32. The lowest BCUT2D eigenvalue weighted by molar-refractivity contribution is -0.116. The Bertz CT molecular complexity index is 1160. The molecule has 1 aromatic heterocycles. The van der Waals surface area contributed by atoms with Crippen molar-refractivity contribution in [2.45, 2.75) is 45.8 Å². The summed E-state index contributed by atoms with van der Waals surface area (Å²) < 4.78 is 11.5. The second kappa shape index (κ2) is 11.1. The van der Waals surface area contributed by atoms with Gasteiger partial charge < -0.3 is 20.1 Å². The van der Waals surface area contributed by atoms with Gasteiger partial charge in [0.2, 0.25) is 0 Å². The van der Waals surface area contributed by atoms with Crippen LogP contribution in [0.4, 0.5) is 10.5 Å². The number of benzene rings is 1. The van der Waals surface area contributed by atoms with Crippen molar-refractivity contribution in [3.05, 3.63) is 65.6 Å². The van der Waals surface area contributed by atoms with Crippen LogP contribution in [-0.2, 0) is 16.1 Å². The third-order valence-electron chi connectivity index (χ3n) is 5.71. The average molecular weight is 509 g/mol. The molecule has 36 heavy (non-hydrogen) atoms. The fraction of sp³-hybridized carbons (Fsp3) is 0.407. The molecule has 1 amide bonds. The van der Waals surface area contributed by atoms with Crippen molar-refractivity contribution in [2.24, 2.45) is 5.92 Å². The van der Waals surface area contributed by atoms with Crippen molar-refractivity contribution in [3.63, 3.8) is 0 Å². The third-order valence-corrected chi connectivity index (χ3v) is 6.01. The number of aromatic nitrogens is 1. The van der Waals surface area contributed by atoms with Crippen LogP contribution in [0.15, 0.2) is 60.1 Å². The summed E-state index contributed by atoms with van der Waals surface area (Å²) in [5.41, 5.74) is 1.92. The Morgan fingerprint density at radius 1 is 1.17 bits per heavy atom. The third kappa shape index (κ3) is 7.04. The highest BCUT2D eigenvalue weighted by Gasteiger charge is 2.33. The van der Waals surface area contributed by atoms with Crippen LogP contribution in [-0.4, -0.2) is 52.0 Å². The summed E-state index contributed by atoms with van der Waals surface area (Å²) in [6.45, 7) is 6.48. The van der Waals surface area contributed by atoms with Gasteiger partial charge in [-0.3, -0.25) is 14.7 Å². The standard InChI is InChI=1S/C27H32N4O4S/c1-27(2,3)35-26(33)31-15-21(24(22(32)16-31)25(36)30-20-7-5-4-6-8-20)29-13-19-11-12-28-14-23(19)34-17-18-9-10-18/h4-8,11-12,14,18,29H,9-10,13,15-17H2,1-3H3,(H,30,36). The van der Waals surface area contributed by atoms with Gasteiger partial charge in [0, 0.05) is 29.7 Å². The molecule has 8 nitrogen and oxygen atoms in total. The predicted molar refractivity (Wildman–Crippen MR) is 142 cm³/mol. The first-order valence-electron chi connectivity index (χ1n) is 12.1. The van der Waals surface area contributed by atoms with E-state index >= 15 is 0 Å². The van der Waals surface area contributed by atoms with E-state index in [2.05, 4.69) is 15.6 Å². The van der Waals surface area contributed by atoms with Crippen LogP contribution in [0.5, 0.6) is 5.75 Å². The van der Waals surface area contributed by atoms with Gasteiger partial charge in [0.1, 0.15) is 16.3 Å². The summed E-state index contributed by atoms with van der Waals surface area (Å²) in [4.78, 5) is 31.9. The quantitative estimate of drug-likeness (QED) is 0.505. The molecule has 0 radical (unpaired) electrons. The molecule has 1 aliphatic heterocycles. The Morgan fingerprint density at radius 2 is 1.92 bits per heavy atom. The average Bonchev–Trinajstić information content (AvgIpc) is 3.65. The summed E-state index contributed by atoms with van der Waals surface area (Å²) >= 11 is 5.64. The molecule has 0 atom stereocenters. The van der Waals surface area contributed by atoms with Crippen LogP contribution in [0, 0.1) is 5.92 Å². The van der Waals surface area contributed by atoms with Crippen LogP contribution in [0.2, 0.25) is 0 Å². The number of amides is 1. The largest absolute Gasteiger partial charge is 0.491 e. The molecule has 0 bridgehead atoms. The maximum atomic E-state index is 13.3. The van der Waals surface area contributed by atoms with E-state index in [1.165, 1.54) is 17.7 Å². The summed E-state index contributed by atoms with van der Waals surface area (Å²) in [5, 5.41) is 6.50. The molecule has 1 aliphatic carbocycles. The fourth-order valence-electron chi connectivity index (χ4n) is 3.70. The second-order valence-corrected chi connectivity index (χ2v) is 10.4. The highest BCUT2D eigenvalue weighted by atomic mass is 32.1. The van der Waals surface area contributed by atoms with Crippen LogP contribution < -0.4 is 15.4 Å². The molecule has 2 aromatic rings. The van der Waals surface area contributed by atoms with Gasteiger partial charge in [-0.1, -0.05) is 30.4 Å². The number of ether oxygens (including phenoxy) is 2. The molecule has 2 N–H and O–H groups in total. The van der Waals surface area contributed by atoms with Gasteiger partial charge in [-0.2, -0.15) is 0 Å². The molecule has 1 fully saturated rings. The van der Waals surface area contributed by atoms with Gasteiger partial charge in [-0.25, -0.2) is 4.79 Å². The lowest BCUT2D eigenvalue weighted by Crippen LogP contribution is -2.48. The smallest absolute Gasteiger partial charge is 0.411 e. The monoisotopic (exact) mass is 508 g/mol. The molecule has 4 rings (SSSR count). The van der Waals surface area contributed by atoms with Gasteiger partial charge in [0.15, 0.2) is 5.78 Å². The van der Waals surface area contributed by atoms with E-state index in [0.29, 0.717) is 41.1 Å². The van der Waals surface area contributed by atoms with Crippen molar-refractivity contribution >= 4 is 34.8 Å². The first-order chi connectivity index (χ1) is 17.2. The van der Waals surface area contributed by atoms with E-state index in [1.807, 2.05) is 36.4 Å². The first-order valence-corrected chi connectivity index (χ1v) is 12.5. The molecule has 1 aromatic carbocycles. The van der Waals surface area contributed by atoms with E-state index < -0.39 is 11.7 Å². The molecule has 0 spiro atoms. The van der Waals surface area contributed by atoms with Gasteiger partial charge in [-0.15, -0.1) is 0 Å². The Kier molecular flexibility index (Phi) is 7.88. The minimum absolute atomic E-state index is 0.114. The minimum atomic E-state index is -0.674. The number of anilines is 1. The van der Waals surface area contributed by atoms with Crippen molar-refractivity contribution < 1.29 is 19.1 Å². The number of rotatable bonds is 8. The number of thiocarbonyl (C=S) groups is 1. The molecule has 1 saturated carbocycles. The van der Waals surface area contributed by atoms with Crippen molar-refractivity contribution in [2.75, 3.05) is 25.0 Å². The number of hydrogen-bond acceptors (Lipinski definition) is 7.